The van der Waals surface area contributed by atoms with Crippen molar-refractivity contribution in [3.63, 3.8) is 0 Å². The van der Waals surface area contributed by atoms with E-state index in [0.29, 0.717) is 11.4 Å². The number of urea groups is 1. The lowest BCUT2D eigenvalue weighted by Crippen LogP contribution is -2.33. The molecule has 1 aromatic carbocycles. The molecule has 4 nitrogen and oxygen atoms in total. The molecule has 4 rings (SSSR count). The van der Waals surface area contributed by atoms with Gasteiger partial charge in [-0.15, -0.1) is 23.1 Å². The summed E-state index contributed by atoms with van der Waals surface area (Å²) in [6.45, 7) is 2.05. The maximum atomic E-state index is 12.8. The van der Waals surface area contributed by atoms with Gasteiger partial charge in [0.05, 0.1) is 5.69 Å². The lowest BCUT2D eigenvalue weighted by Gasteiger charge is -2.22. The molecule has 0 aliphatic carbocycles. The standard InChI is InChI=1S/C16H14N2O2S2/c1-10-7-8-21-13(10)15-18-12(9-22-15)14(19)17(16(18)20)11-5-3-2-4-6-11/h2-8,12,15H,9H2,1H3/t12-,15+/m1/s1. The molecule has 2 aromatic rings. The molecule has 2 aliphatic heterocycles. The Morgan fingerprint density at radius 1 is 1.14 bits per heavy atom. The van der Waals surface area contributed by atoms with Crippen molar-refractivity contribution in [3.8, 4) is 0 Å². The second-order valence-corrected chi connectivity index (χ2v) is 7.43. The van der Waals surface area contributed by atoms with Crippen LogP contribution in [0, 0.1) is 6.92 Å². The molecule has 0 spiro atoms. The van der Waals surface area contributed by atoms with Crippen LogP contribution < -0.4 is 4.90 Å². The quantitative estimate of drug-likeness (QED) is 0.789. The fourth-order valence-corrected chi connectivity index (χ4v) is 5.62. The topological polar surface area (TPSA) is 40.6 Å². The van der Waals surface area contributed by atoms with E-state index in [1.54, 1.807) is 40.1 Å². The van der Waals surface area contributed by atoms with Crippen molar-refractivity contribution in [1.29, 1.82) is 0 Å². The van der Waals surface area contributed by atoms with Gasteiger partial charge in [0.15, 0.2) is 0 Å². The Labute approximate surface area is 136 Å². The minimum Gasteiger partial charge on any atom is -0.294 e. The van der Waals surface area contributed by atoms with Gasteiger partial charge in [-0.1, -0.05) is 18.2 Å². The zero-order chi connectivity index (χ0) is 15.3. The molecular formula is C16H14N2O2S2. The predicted octanol–water partition coefficient (Wildman–Crippen LogP) is 3.64. The van der Waals surface area contributed by atoms with Crippen LogP contribution in [0.1, 0.15) is 15.8 Å². The van der Waals surface area contributed by atoms with Crippen LogP contribution in [0.3, 0.4) is 0 Å². The number of nitrogens with zero attached hydrogens (tertiary/aromatic N) is 2. The van der Waals surface area contributed by atoms with Crippen LogP contribution in [-0.2, 0) is 4.79 Å². The minimum absolute atomic E-state index is 0.0461. The molecule has 112 valence electrons. The Kier molecular flexibility index (Phi) is 3.23. The Morgan fingerprint density at radius 2 is 1.91 bits per heavy atom. The molecule has 0 radical (unpaired) electrons. The summed E-state index contributed by atoms with van der Waals surface area (Å²) in [5.41, 5.74) is 1.83. The number of thiophene rings is 1. The average Bonchev–Trinajstić information content (AvgIpc) is 3.18. The van der Waals surface area contributed by atoms with Crippen molar-refractivity contribution in [2.24, 2.45) is 0 Å². The summed E-state index contributed by atoms with van der Waals surface area (Å²) >= 11 is 3.33. The molecule has 2 fully saturated rings. The normalized spacial score (nSPS) is 24.2. The highest BCUT2D eigenvalue weighted by atomic mass is 32.2. The summed E-state index contributed by atoms with van der Waals surface area (Å²) in [6.07, 6.45) is 0. The Balaban J connectivity index is 1.72. The average molecular weight is 330 g/mol. The lowest BCUT2D eigenvalue weighted by atomic mass is 10.2. The van der Waals surface area contributed by atoms with Crippen molar-refractivity contribution in [1.82, 2.24) is 4.90 Å². The number of para-hydroxylation sites is 1. The molecule has 0 N–H and O–H groups in total. The van der Waals surface area contributed by atoms with Crippen LogP contribution in [-0.4, -0.2) is 28.6 Å². The van der Waals surface area contributed by atoms with Crippen LogP contribution in [0.5, 0.6) is 0 Å². The molecule has 0 saturated carbocycles. The van der Waals surface area contributed by atoms with Gasteiger partial charge in [0.25, 0.3) is 5.91 Å². The van der Waals surface area contributed by atoms with E-state index >= 15 is 0 Å². The first-order valence-electron chi connectivity index (χ1n) is 7.05. The van der Waals surface area contributed by atoms with Gasteiger partial charge in [0.1, 0.15) is 11.4 Å². The predicted molar refractivity (Wildman–Crippen MR) is 89.2 cm³/mol. The van der Waals surface area contributed by atoms with Gasteiger partial charge in [-0.25, -0.2) is 9.69 Å². The highest BCUT2D eigenvalue weighted by Gasteiger charge is 2.53. The largest absolute Gasteiger partial charge is 0.333 e. The first-order valence-corrected chi connectivity index (χ1v) is 8.98. The van der Waals surface area contributed by atoms with Crippen LogP contribution >= 0.6 is 23.1 Å². The first kappa shape index (κ1) is 13.8. The SMILES string of the molecule is Cc1ccsc1[C@@H]1SC[C@@H]2C(=O)N(c3ccccc3)C(=O)N21. The molecule has 3 heterocycles. The number of amides is 3. The zero-order valence-electron chi connectivity index (χ0n) is 11.9. The van der Waals surface area contributed by atoms with Crippen LogP contribution in [0.25, 0.3) is 0 Å². The van der Waals surface area contributed by atoms with E-state index in [9.17, 15) is 9.59 Å². The van der Waals surface area contributed by atoms with Crippen molar-refractivity contribution in [3.05, 3.63) is 52.2 Å². The van der Waals surface area contributed by atoms with Gasteiger partial charge < -0.3 is 0 Å². The van der Waals surface area contributed by atoms with Crippen LogP contribution in [0.15, 0.2) is 41.8 Å². The summed E-state index contributed by atoms with van der Waals surface area (Å²) in [7, 11) is 0. The Hall–Kier alpha value is -1.79. The molecule has 3 amide bonds. The number of hydrogen-bond acceptors (Lipinski definition) is 4. The van der Waals surface area contributed by atoms with Crippen molar-refractivity contribution >= 4 is 40.7 Å². The van der Waals surface area contributed by atoms with E-state index in [1.807, 2.05) is 23.6 Å². The van der Waals surface area contributed by atoms with Gasteiger partial charge in [0.2, 0.25) is 0 Å². The summed E-state index contributed by atoms with van der Waals surface area (Å²) in [5.74, 6) is 0.552. The first-order chi connectivity index (χ1) is 10.7. The molecule has 0 unspecified atom stereocenters. The summed E-state index contributed by atoms with van der Waals surface area (Å²) in [6, 6.07) is 10.7. The van der Waals surface area contributed by atoms with Gasteiger partial charge in [-0.05, 0) is 36.1 Å². The van der Waals surface area contributed by atoms with Gasteiger partial charge in [-0.2, -0.15) is 0 Å². The number of benzene rings is 1. The van der Waals surface area contributed by atoms with Crippen molar-refractivity contribution in [2.75, 3.05) is 10.7 Å². The highest BCUT2D eigenvalue weighted by molar-refractivity contribution is 8.00. The smallest absolute Gasteiger partial charge is 0.294 e. The molecule has 2 saturated heterocycles. The fourth-order valence-electron chi connectivity index (χ4n) is 2.94. The van der Waals surface area contributed by atoms with Gasteiger partial charge in [-0.3, -0.25) is 9.69 Å². The molecule has 2 atom stereocenters. The van der Waals surface area contributed by atoms with Crippen LogP contribution in [0.4, 0.5) is 10.5 Å². The van der Waals surface area contributed by atoms with Crippen molar-refractivity contribution in [2.45, 2.75) is 18.3 Å². The van der Waals surface area contributed by atoms with E-state index in [2.05, 4.69) is 13.0 Å². The molecule has 22 heavy (non-hydrogen) atoms. The van der Waals surface area contributed by atoms with Crippen LogP contribution in [0.2, 0.25) is 0 Å². The lowest BCUT2D eigenvalue weighted by molar-refractivity contribution is -0.119. The third-order valence-corrected chi connectivity index (χ3v) is 6.57. The maximum Gasteiger partial charge on any atom is 0.333 e. The van der Waals surface area contributed by atoms with E-state index in [-0.39, 0.29) is 23.4 Å². The number of carbonyl (C=O) groups excluding carboxylic acids is 2. The monoisotopic (exact) mass is 330 g/mol. The fraction of sp³-hybridized carbons (Fsp3) is 0.250. The second kappa shape index (κ2) is 5.14. The Morgan fingerprint density at radius 3 is 2.59 bits per heavy atom. The third kappa shape index (κ3) is 1.90. The summed E-state index contributed by atoms with van der Waals surface area (Å²) in [4.78, 5) is 29.7. The third-order valence-electron chi connectivity index (χ3n) is 4.06. The maximum absolute atomic E-state index is 12.8. The molecule has 1 aromatic heterocycles. The molecular weight excluding hydrogens is 316 g/mol. The van der Waals surface area contributed by atoms with E-state index in [0.717, 1.165) is 0 Å². The number of imide groups is 1. The number of rotatable bonds is 2. The minimum atomic E-state index is -0.343. The number of anilines is 1. The zero-order valence-corrected chi connectivity index (χ0v) is 13.6. The highest BCUT2D eigenvalue weighted by Crippen LogP contribution is 2.48. The number of hydrogen-bond donors (Lipinski definition) is 0. The van der Waals surface area contributed by atoms with E-state index < -0.39 is 0 Å². The molecule has 0 bridgehead atoms. The number of carbonyl (C=O) groups is 2. The number of aryl methyl sites for hydroxylation is 1. The van der Waals surface area contributed by atoms with Gasteiger partial charge in [0, 0.05) is 10.6 Å². The van der Waals surface area contributed by atoms with E-state index in [4.69, 9.17) is 0 Å². The summed E-state index contributed by atoms with van der Waals surface area (Å²) < 4.78 is 0. The second-order valence-electron chi connectivity index (χ2n) is 5.37. The van der Waals surface area contributed by atoms with E-state index in [1.165, 1.54) is 15.3 Å². The van der Waals surface area contributed by atoms with Gasteiger partial charge >= 0.3 is 6.03 Å². The summed E-state index contributed by atoms with van der Waals surface area (Å²) in [5, 5.41) is 1.99. The number of fused-ring (bicyclic) bond motifs is 1. The molecule has 2 aliphatic rings. The molecule has 6 heteroatoms. The number of thioether (sulfide) groups is 1. The Bertz CT molecular complexity index is 744. The van der Waals surface area contributed by atoms with Crippen molar-refractivity contribution < 1.29 is 9.59 Å².